The Bertz CT molecular complexity index is 1190. The van der Waals surface area contributed by atoms with E-state index < -0.39 is 25.5 Å². The molecule has 0 amide bonds. The molecule has 0 radical (unpaired) electrons. The lowest BCUT2D eigenvalue weighted by molar-refractivity contribution is 0.0821. The summed E-state index contributed by atoms with van der Waals surface area (Å²) in [6, 6.07) is 13.6. The predicted molar refractivity (Wildman–Crippen MR) is 137 cm³/mol. The van der Waals surface area contributed by atoms with Crippen molar-refractivity contribution in [3.05, 3.63) is 59.7 Å². The molecule has 2 atom stereocenters. The molecule has 0 aromatic heterocycles. The number of aryl methyl sites for hydroxylation is 2. The standard InChI is InChI=1S/C26H38N2O4S2/c1-6-20-8-12-23(13-9-20)33(29,30)27-19-26(5)17-22(16-25(3,4)18-26)28-34(31,32)24-14-10-21(7-2)11-15-24/h8-15,22,27-28H,6-7,16-19H2,1-5H3. The van der Waals surface area contributed by atoms with Crippen molar-refractivity contribution in [2.24, 2.45) is 10.8 Å². The molecule has 6 nitrogen and oxygen atoms in total. The Morgan fingerprint density at radius 2 is 1.24 bits per heavy atom. The Morgan fingerprint density at radius 3 is 1.71 bits per heavy atom. The monoisotopic (exact) mass is 506 g/mol. The van der Waals surface area contributed by atoms with Crippen LogP contribution in [-0.2, 0) is 32.9 Å². The van der Waals surface area contributed by atoms with Gasteiger partial charge in [0.1, 0.15) is 0 Å². The van der Waals surface area contributed by atoms with Gasteiger partial charge in [-0.3, -0.25) is 0 Å². The zero-order chi connectivity index (χ0) is 25.2. The topological polar surface area (TPSA) is 92.3 Å². The average molecular weight is 507 g/mol. The van der Waals surface area contributed by atoms with Crippen LogP contribution in [-0.4, -0.2) is 29.4 Å². The number of hydrogen-bond acceptors (Lipinski definition) is 4. The third kappa shape index (κ3) is 6.68. The van der Waals surface area contributed by atoms with Gasteiger partial charge in [0.05, 0.1) is 9.79 Å². The van der Waals surface area contributed by atoms with Gasteiger partial charge in [0.2, 0.25) is 20.0 Å². The summed E-state index contributed by atoms with van der Waals surface area (Å²) in [4.78, 5) is 0.502. The van der Waals surface area contributed by atoms with Crippen molar-refractivity contribution in [2.75, 3.05) is 6.54 Å². The lowest BCUT2D eigenvalue weighted by Gasteiger charge is -2.46. The highest BCUT2D eigenvalue weighted by Gasteiger charge is 2.43. The van der Waals surface area contributed by atoms with Crippen LogP contribution in [0, 0.1) is 10.8 Å². The Labute approximate surface area is 205 Å². The Hall–Kier alpha value is -1.74. The molecule has 0 saturated heterocycles. The van der Waals surface area contributed by atoms with Gasteiger partial charge in [0.15, 0.2) is 0 Å². The van der Waals surface area contributed by atoms with Gasteiger partial charge in [-0.05, 0) is 78.3 Å². The van der Waals surface area contributed by atoms with Crippen molar-refractivity contribution in [1.29, 1.82) is 0 Å². The van der Waals surface area contributed by atoms with E-state index in [-0.39, 0.29) is 27.8 Å². The first-order valence-corrected chi connectivity index (χ1v) is 14.9. The van der Waals surface area contributed by atoms with E-state index in [1.165, 1.54) is 0 Å². The Morgan fingerprint density at radius 1 is 0.765 bits per heavy atom. The smallest absolute Gasteiger partial charge is 0.211 e. The molecule has 2 N–H and O–H groups in total. The molecule has 1 fully saturated rings. The molecule has 2 aromatic carbocycles. The number of rotatable bonds is 9. The van der Waals surface area contributed by atoms with Gasteiger partial charge in [-0.1, -0.05) is 58.9 Å². The zero-order valence-electron chi connectivity index (χ0n) is 20.9. The number of hydrogen-bond donors (Lipinski definition) is 2. The maximum absolute atomic E-state index is 13.1. The average Bonchev–Trinajstić information content (AvgIpc) is 2.76. The van der Waals surface area contributed by atoms with E-state index in [2.05, 4.69) is 23.3 Å². The van der Waals surface area contributed by atoms with Gasteiger partial charge in [0, 0.05) is 12.6 Å². The third-order valence-electron chi connectivity index (χ3n) is 6.74. The van der Waals surface area contributed by atoms with Crippen molar-refractivity contribution in [3.8, 4) is 0 Å². The highest BCUT2D eigenvalue weighted by Crippen LogP contribution is 2.46. The first-order chi connectivity index (χ1) is 15.8. The zero-order valence-corrected chi connectivity index (χ0v) is 22.5. The van der Waals surface area contributed by atoms with Crippen LogP contribution in [0.15, 0.2) is 58.3 Å². The summed E-state index contributed by atoms with van der Waals surface area (Å²) < 4.78 is 57.6. The quantitative estimate of drug-likeness (QED) is 0.518. The lowest BCUT2D eigenvalue weighted by Crippen LogP contribution is -2.50. The molecule has 0 aliphatic heterocycles. The molecular formula is C26H38N2O4S2. The summed E-state index contributed by atoms with van der Waals surface area (Å²) >= 11 is 0. The second kappa shape index (κ2) is 10.1. The van der Waals surface area contributed by atoms with E-state index in [9.17, 15) is 16.8 Å². The first kappa shape index (κ1) is 26.9. The van der Waals surface area contributed by atoms with Gasteiger partial charge in [-0.25, -0.2) is 26.3 Å². The molecule has 188 valence electrons. The Balaban J connectivity index is 1.73. The minimum Gasteiger partial charge on any atom is -0.211 e. The number of benzene rings is 2. The van der Waals surface area contributed by atoms with E-state index in [4.69, 9.17) is 0 Å². The molecule has 0 bridgehead atoms. The largest absolute Gasteiger partial charge is 0.240 e. The summed E-state index contributed by atoms with van der Waals surface area (Å²) in [6.45, 7) is 10.6. The lowest BCUT2D eigenvalue weighted by atomic mass is 9.63. The minimum atomic E-state index is -3.67. The van der Waals surface area contributed by atoms with E-state index in [1.54, 1.807) is 24.3 Å². The van der Waals surface area contributed by atoms with E-state index >= 15 is 0 Å². The van der Waals surface area contributed by atoms with Gasteiger partial charge in [0.25, 0.3) is 0 Å². The SMILES string of the molecule is CCc1ccc(S(=O)(=O)NCC2(C)CC(NS(=O)(=O)c3ccc(CC)cc3)CC(C)(C)C2)cc1. The second-order valence-electron chi connectivity index (χ2n) is 10.7. The molecule has 2 aromatic rings. The molecule has 1 aliphatic carbocycles. The third-order valence-corrected chi connectivity index (χ3v) is 9.69. The molecule has 8 heteroatoms. The van der Waals surface area contributed by atoms with Crippen molar-refractivity contribution in [2.45, 2.75) is 82.6 Å². The molecule has 0 spiro atoms. The van der Waals surface area contributed by atoms with Crippen LogP contribution in [0.1, 0.15) is 65.0 Å². The van der Waals surface area contributed by atoms with Crippen LogP contribution in [0.5, 0.6) is 0 Å². The van der Waals surface area contributed by atoms with Crippen molar-refractivity contribution in [3.63, 3.8) is 0 Å². The highest BCUT2D eigenvalue weighted by atomic mass is 32.2. The van der Waals surface area contributed by atoms with Gasteiger partial charge in [-0.15, -0.1) is 0 Å². The summed E-state index contributed by atoms with van der Waals surface area (Å²) in [7, 11) is -7.32. The molecule has 34 heavy (non-hydrogen) atoms. The van der Waals surface area contributed by atoms with Crippen LogP contribution >= 0.6 is 0 Å². The molecule has 0 heterocycles. The summed E-state index contributed by atoms with van der Waals surface area (Å²) in [5, 5.41) is 0. The van der Waals surface area contributed by atoms with E-state index in [0.29, 0.717) is 12.8 Å². The first-order valence-electron chi connectivity index (χ1n) is 12.0. The van der Waals surface area contributed by atoms with Crippen LogP contribution in [0.3, 0.4) is 0 Å². The summed E-state index contributed by atoms with van der Waals surface area (Å²) in [6.07, 6.45) is 3.74. The minimum absolute atomic E-state index is 0.138. The van der Waals surface area contributed by atoms with Gasteiger partial charge < -0.3 is 0 Å². The summed E-state index contributed by atoms with van der Waals surface area (Å²) in [5.41, 5.74) is 1.64. The van der Waals surface area contributed by atoms with E-state index in [1.807, 2.05) is 45.0 Å². The fraction of sp³-hybridized carbons (Fsp3) is 0.538. The number of sulfonamides is 2. The van der Waals surface area contributed by atoms with Crippen molar-refractivity contribution >= 4 is 20.0 Å². The van der Waals surface area contributed by atoms with E-state index in [0.717, 1.165) is 30.4 Å². The predicted octanol–water partition coefficient (Wildman–Crippen LogP) is 4.65. The van der Waals surface area contributed by atoms with Crippen LogP contribution in [0.4, 0.5) is 0 Å². The maximum atomic E-state index is 13.1. The molecule has 1 saturated carbocycles. The Kier molecular flexibility index (Phi) is 7.97. The van der Waals surface area contributed by atoms with Gasteiger partial charge >= 0.3 is 0 Å². The normalized spacial score (nSPS) is 23.0. The van der Waals surface area contributed by atoms with Crippen molar-refractivity contribution < 1.29 is 16.8 Å². The van der Waals surface area contributed by atoms with Gasteiger partial charge in [-0.2, -0.15) is 0 Å². The van der Waals surface area contributed by atoms with Crippen molar-refractivity contribution in [1.82, 2.24) is 9.44 Å². The molecule has 2 unspecified atom stereocenters. The molecule has 3 rings (SSSR count). The summed E-state index contributed by atoms with van der Waals surface area (Å²) in [5.74, 6) is 0. The van der Waals surface area contributed by atoms with Crippen LogP contribution in [0.2, 0.25) is 0 Å². The highest BCUT2D eigenvalue weighted by molar-refractivity contribution is 7.89. The molecule has 1 aliphatic rings. The van der Waals surface area contributed by atoms with Crippen LogP contribution in [0.25, 0.3) is 0 Å². The number of nitrogens with one attached hydrogen (secondary N) is 2. The second-order valence-corrected chi connectivity index (χ2v) is 14.2. The fourth-order valence-electron chi connectivity index (χ4n) is 5.30. The van der Waals surface area contributed by atoms with Crippen LogP contribution < -0.4 is 9.44 Å². The maximum Gasteiger partial charge on any atom is 0.240 e. The molecular weight excluding hydrogens is 468 g/mol. The fourth-order valence-corrected chi connectivity index (χ4v) is 7.74.